The normalized spacial score (nSPS) is 14.6. The second-order valence-corrected chi connectivity index (χ2v) is 7.30. The average Bonchev–Trinajstić information content (AvgIpc) is 2.97. The molecule has 1 fully saturated rings. The maximum absolute atomic E-state index is 12.5. The Morgan fingerprint density at radius 2 is 1.97 bits per heavy atom. The molecule has 1 aliphatic rings. The Hall–Kier alpha value is -2.71. The first-order chi connectivity index (χ1) is 13.9. The lowest BCUT2D eigenvalue weighted by Crippen LogP contribution is -2.38. The van der Waals surface area contributed by atoms with Crippen LogP contribution in [0.5, 0.6) is 0 Å². The van der Waals surface area contributed by atoms with E-state index in [-0.39, 0.29) is 11.8 Å². The van der Waals surface area contributed by atoms with Crippen molar-refractivity contribution in [2.45, 2.75) is 26.8 Å². The smallest absolute Gasteiger partial charge is 0.255 e. The van der Waals surface area contributed by atoms with Crippen LogP contribution in [-0.4, -0.2) is 59.3 Å². The maximum Gasteiger partial charge on any atom is 0.255 e. The van der Waals surface area contributed by atoms with Crippen LogP contribution in [0, 0.1) is 13.8 Å². The third-order valence-electron chi connectivity index (χ3n) is 5.16. The van der Waals surface area contributed by atoms with Crippen molar-refractivity contribution in [3.63, 3.8) is 0 Å². The summed E-state index contributed by atoms with van der Waals surface area (Å²) in [7, 11) is 1.82. The molecular formula is C21H29N5O3. The zero-order valence-corrected chi connectivity index (χ0v) is 17.3. The molecule has 2 amide bonds. The molecular weight excluding hydrogens is 370 g/mol. The van der Waals surface area contributed by atoms with E-state index in [9.17, 15) is 9.59 Å². The average molecular weight is 399 g/mol. The fraction of sp³-hybridized carbons (Fsp3) is 0.476. The van der Waals surface area contributed by atoms with Crippen LogP contribution in [0.25, 0.3) is 0 Å². The number of anilines is 1. The van der Waals surface area contributed by atoms with Crippen LogP contribution >= 0.6 is 0 Å². The fourth-order valence-corrected chi connectivity index (χ4v) is 3.44. The van der Waals surface area contributed by atoms with Gasteiger partial charge in [-0.3, -0.25) is 19.2 Å². The zero-order valence-electron chi connectivity index (χ0n) is 17.3. The number of carbonyl (C=O) groups is 2. The van der Waals surface area contributed by atoms with Crippen LogP contribution in [0.4, 0.5) is 5.69 Å². The van der Waals surface area contributed by atoms with Crippen molar-refractivity contribution in [2.24, 2.45) is 7.05 Å². The second kappa shape index (κ2) is 9.67. The molecule has 156 valence electrons. The quantitative estimate of drug-likeness (QED) is 0.739. The van der Waals surface area contributed by atoms with Crippen molar-refractivity contribution < 1.29 is 14.3 Å². The topological polar surface area (TPSA) is 88.5 Å². The van der Waals surface area contributed by atoms with E-state index in [4.69, 9.17) is 4.74 Å². The van der Waals surface area contributed by atoms with Crippen molar-refractivity contribution in [3.05, 3.63) is 46.8 Å². The molecule has 8 heteroatoms. The Bertz CT molecular complexity index is 871. The highest BCUT2D eigenvalue weighted by molar-refractivity contribution is 5.96. The van der Waals surface area contributed by atoms with Gasteiger partial charge in [-0.15, -0.1) is 0 Å². The highest BCUT2D eigenvalue weighted by Gasteiger charge is 2.17. The number of aromatic nitrogens is 2. The summed E-state index contributed by atoms with van der Waals surface area (Å²) in [6, 6.07) is 7.54. The van der Waals surface area contributed by atoms with Gasteiger partial charge in [0.05, 0.1) is 24.5 Å². The Morgan fingerprint density at radius 3 is 2.66 bits per heavy atom. The number of carbonyl (C=O) groups excluding carboxylic acids is 2. The Kier molecular flexibility index (Phi) is 7.00. The van der Waals surface area contributed by atoms with Crippen LogP contribution in [0.1, 0.15) is 33.7 Å². The molecule has 0 aliphatic carbocycles. The van der Waals surface area contributed by atoms with Crippen LogP contribution in [0.15, 0.2) is 24.3 Å². The lowest BCUT2D eigenvalue weighted by molar-refractivity contribution is -0.116. The number of benzene rings is 1. The first-order valence-corrected chi connectivity index (χ1v) is 9.91. The maximum atomic E-state index is 12.5. The summed E-state index contributed by atoms with van der Waals surface area (Å²) >= 11 is 0. The van der Waals surface area contributed by atoms with Gasteiger partial charge >= 0.3 is 0 Å². The number of ether oxygens (including phenoxy) is 1. The van der Waals surface area contributed by atoms with Crippen LogP contribution in [-0.2, 0) is 23.1 Å². The van der Waals surface area contributed by atoms with Crippen LogP contribution < -0.4 is 10.6 Å². The number of hydrogen-bond acceptors (Lipinski definition) is 5. The van der Waals surface area contributed by atoms with Gasteiger partial charge in [0.1, 0.15) is 0 Å². The minimum atomic E-state index is -0.145. The summed E-state index contributed by atoms with van der Waals surface area (Å²) in [6.45, 7) is 8.02. The summed E-state index contributed by atoms with van der Waals surface area (Å²) < 4.78 is 7.03. The SMILES string of the molecule is Cc1nn(C)c(C)c1C(=O)NCc1cccc(NC(=O)CCN2CCOCC2)c1. The Balaban J connectivity index is 1.51. The first-order valence-electron chi connectivity index (χ1n) is 9.91. The second-order valence-electron chi connectivity index (χ2n) is 7.30. The van der Waals surface area contributed by atoms with E-state index >= 15 is 0 Å². The van der Waals surface area contributed by atoms with Gasteiger partial charge in [0.2, 0.25) is 5.91 Å². The molecule has 2 aromatic rings. The van der Waals surface area contributed by atoms with Crippen LogP contribution in [0.2, 0.25) is 0 Å². The molecule has 29 heavy (non-hydrogen) atoms. The summed E-state index contributed by atoms with van der Waals surface area (Å²) in [6.07, 6.45) is 0.445. The number of nitrogens with zero attached hydrogens (tertiary/aromatic N) is 3. The van der Waals surface area contributed by atoms with E-state index in [0.717, 1.165) is 49.8 Å². The zero-order chi connectivity index (χ0) is 20.8. The summed E-state index contributed by atoms with van der Waals surface area (Å²) in [5.74, 6) is -0.160. The molecule has 1 aliphatic heterocycles. The molecule has 2 heterocycles. The van der Waals surface area contributed by atoms with Gasteiger partial charge in [-0.1, -0.05) is 12.1 Å². The Morgan fingerprint density at radius 1 is 1.21 bits per heavy atom. The highest BCUT2D eigenvalue weighted by Crippen LogP contribution is 2.14. The minimum absolute atomic E-state index is 0.0145. The van der Waals surface area contributed by atoms with E-state index in [1.54, 1.807) is 4.68 Å². The number of aryl methyl sites for hydroxylation is 2. The van der Waals surface area contributed by atoms with Crippen molar-refractivity contribution in [3.8, 4) is 0 Å². The standard InChI is InChI=1S/C21H29N5O3/c1-15-20(16(2)25(3)24-15)21(28)22-14-17-5-4-6-18(13-17)23-19(27)7-8-26-9-11-29-12-10-26/h4-6,13H,7-12,14H2,1-3H3,(H,22,28)(H,23,27). The Labute approximate surface area is 171 Å². The molecule has 1 aromatic carbocycles. The van der Waals surface area contributed by atoms with Crippen molar-refractivity contribution in [1.82, 2.24) is 20.0 Å². The summed E-state index contributed by atoms with van der Waals surface area (Å²) in [5.41, 5.74) is 3.81. The van der Waals surface area contributed by atoms with Gasteiger partial charge in [-0.25, -0.2) is 0 Å². The molecule has 0 bridgehead atoms. The first kappa shape index (κ1) is 21.0. The lowest BCUT2D eigenvalue weighted by Gasteiger charge is -2.26. The van der Waals surface area contributed by atoms with Crippen molar-refractivity contribution in [2.75, 3.05) is 38.2 Å². The molecule has 8 nitrogen and oxygen atoms in total. The number of hydrogen-bond donors (Lipinski definition) is 2. The fourth-order valence-electron chi connectivity index (χ4n) is 3.44. The number of morpholine rings is 1. The van der Waals surface area contributed by atoms with E-state index in [1.807, 2.05) is 45.2 Å². The predicted molar refractivity (Wildman–Crippen MR) is 111 cm³/mol. The van der Waals surface area contributed by atoms with Gasteiger partial charge in [0, 0.05) is 51.0 Å². The number of amides is 2. The largest absolute Gasteiger partial charge is 0.379 e. The van der Waals surface area contributed by atoms with E-state index < -0.39 is 0 Å². The van der Waals surface area contributed by atoms with Gasteiger partial charge < -0.3 is 15.4 Å². The molecule has 0 radical (unpaired) electrons. The molecule has 0 spiro atoms. The van der Waals surface area contributed by atoms with Gasteiger partial charge in [-0.05, 0) is 31.5 Å². The lowest BCUT2D eigenvalue weighted by atomic mass is 10.1. The van der Waals surface area contributed by atoms with E-state index in [1.165, 1.54) is 0 Å². The number of rotatable bonds is 7. The van der Waals surface area contributed by atoms with E-state index in [2.05, 4.69) is 20.6 Å². The highest BCUT2D eigenvalue weighted by atomic mass is 16.5. The monoisotopic (exact) mass is 399 g/mol. The molecule has 0 unspecified atom stereocenters. The van der Waals surface area contributed by atoms with Gasteiger partial charge in [0.25, 0.3) is 5.91 Å². The number of nitrogens with one attached hydrogen (secondary N) is 2. The minimum Gasteiger partial charge on any atom is -0.379 e. The molecule has 3 rings (SSSR count). The van der Waals surface area contributed by atoms with Crippen molar-refractivity contribution >= 4 is 17.5 Å². The molecule has 2 N–H and O–H groups in total. The molecule has 0 atom stereocenters. The van der Waals surface area contributed by atoms with E-state index in [0.29, 0.717) is 24.2 Å². The molecule has 1 aromatic heterocycles. The summed E-state index contributed by atoms with van der Waals surface area (Å²) in [5, 5.41) is 10.2. The van der Waals surface area contributed by atoms with Crippen molar-refractivity contribution in [1.29, 1.82) is 0 Å². The summed E-state index contributed by atoms with van der Waals surface area (Å²) in [4.78, 5) is 27.0. The van der Waals surface area contributed by atoms with Gasteiger partial charge in [-0.2, -0.15) is 5.10 Å². The third kappa shape index (κ3) is 5.65. The van der Waals surface area contributed by atoms with Crippen LogP contribution in [0.3, 0.4) is 0 Å². The molecule has 0 saturated carbocycles. The third-order valence-corrected chi connectivity index (χ3v) is 5.16. The predicted octanol–water partition coefficient (Wildman–Crippen LogP) is 1.63. The molecule has 1 saturated heterocycles. The van der Waals surface area contributed by atoms with Gasteiger partial charge in [0.15, 0.2) is 0 Å².